The lowest BCUT2D eigenvalue weighted by Gasteiger charge is -2.20. The predicted molar refractivity (Wildman–Crippen MR) is 92.2 cm³/mol. The molecule has 1 unspecified atom stereocenters. The molecule has 1 N–H and O–H groups in total. The van der Waals surface area contributed by atoms with E-state index in [2.05, 4.69) is 63.3 Å². The van der Waals surface area contributed by atoms with Gasteiger partial charge in [-0.15, -0.1) is 0 Å². The Morgan fingerprint density at radius 1 is 0.905 bits per heavy atom. The van der Waals surface area contributed by atoms with E-state index in [0.717, 1.165) is 18.0 Å². The summed E-state index contributed by atoms with van der Waals surface area (Å²) in [5.74, 6) is 0. The molecule has 0 spiro atoms. The zero-order chi connectivity index (χ0) is 15.4. The zero-order valence-corrected chi connectivity index (χ0v) is 14.1. The second kappa shape index (κ2) is 7.11. The zero-order valence-electron chi connectivity index (χ0n) is 13.3. The van der Waals surface area contributed by atoms with Crippen molar-refractivity contribution in [3.05, 3.63) is 69.2 Å². The molecule has 1 nitrogen and oxygen atoms in total. The van der Waals surface area contributed by atoms with E-state index in [1.54, 1.807) is 0 Å². The summed E-state index contributed by atoms with van der Waals surface area (Å²) < 4.78 is 0. The molecule has 0 heterocycles. The Kier molecular flexibility index (Phi) is 5.44. The van der Waals surface area contributed by atoms with Gasteiger partial charge in [-0.25, -0.2) is 0 Å². The number of hydrogen-bond donors (Lipinski definition) is 1. The van der Waals surface area contributed by atoms with E-state index >= 15 is 0 Å². The summed E-state index contributed by atoms with van der Waals surface area (Å²) in [4.78, 5) is 0. The first-order valence-corrected chi connectivity index (χ1v) is 7.93. The van der Waals surface area contributed by atoms with Gasteiger partial charge in [-0.2, -0.15) is 0 Å². The molecule has 21 heavy (non-hydrogen) atoms. The highest BCUT2D eigenvalue weighted by Gasteiger charge is 2.13. The largest absolute Gasteiger partial charge is 0.310 e. The molecule has 0 amide bonds. The number of hydrogen-bond acceptors (Lipinski definition) is 1. The van der Waals surface area contributed by atoms with Gasteiger partial charge in [0, 0.05) is 11.1 Å². The topological polar surface area (TPSA) is 12.0 Å². The lowest BCUT2D eigenvalue weighted by atomic mass is 9.95. The van der Waals surface area contributed by atoms with E-state index in [1.165, 1.54) is 27.8 Å². The number of benzene rings is 2. The molecule has 112 valence electrons. The van der Waals surface area contributed by atoms with Crippen molar-refractivity contribution in [1.29, 1.82) is 0 Å². The molecule has 2 rings (SSSR count). The summed E-state index contributed by atoms with van der Waals surface area (Å²) in [6.45, 7) is 9.49. The van der Waals surface area contributed by atoms with Crippen LogP contribution in [0.25, 0.3) is 0 Å². The fourth-order valence-corrected chi connectivity index (χ4v) is 3.24. The molecule has 2 aromatic rings. The molecule has 2 aromatic carbocycles. The monoisotopic (exact) mass is 301 g/mol. The SMILES string of the molecule is CCNC(Cc1cc(C)cc(C)c1)c1cc(C)cc(Cl)c1. The molecule has 1 atom stereocenters. The Labute approximate surface area is 133 Å². The molecule has 0 saturated carbocycles. The molecule has 0 aliphatic heterocycles. The Morgan fingerprint density at radius 2 is 1.52 bits per heavy atom. The van der Waals surface area contributed by atoms with Crippen LogP contribution >= 0.6 is 11.6 Å². The second-order valence-electron chi connectivity index (χ2n) is 5.87. The van der Waals surface area contributed by atoms with Crippen molar-refractivity contribution in [1.82, 2.24) is 5.32 Å². The lowest BCUT2D eigenvalue weighted by Crippen LogP contribution is -2.23. The smallest absolute Gasteiger partial charge is 0.0411 e. The van der Waals surface area contributed by atoms with Gasteiger partial charge in [0.2, 0.25) is 0 Å². The molecule has 0 bridgehead atoms. The summed E-state index contributed by atoms with van der Waals surface area (Å²) in [5, 5.41) is 4.40. The van der Waals surface area contributed by atoms with Gasteiger partial charge in [-0.3, -0.25) is 0 Å². The van der Waals surface area contributed by atoms with Crippen LogP contribution in [-0.4, -0.2) is 6.54 Å². The van der Waals surface area contributed by atoms with E-state index in [1.807, 2.05) is 6.07 Å². The summed E-state index contributed by atoms with van der Waals surface area (Å²) in [7, 11) is 0. The summed E-state index contributed by atoms with van der Waals surface area (Å²) >= 11 is 6.22. The predicted octanol–water partition coefficient (Wildman–Crippen LogP) is 5.16. The van der Waals surface area contributed by atoms with Crippen molar-refractivity contribution >= 4 is 11.6 Å². The lowest BCUT2D eigenvalue weighted by molar-refractivity contribution is 0.549. The van der Waals surface area contributed by atoms with Crippen molar-refractivity contribution < 1.29 is 0 Å². The normalized spacial score (nSPS) is 12.4. The van der Waals surface area contributed by atoms with Crippen LogP contribution in [0.4, 0.5) is 0 Å². The van der Waals surface area contributed by atoms with E-state index in [-0.39, 0.29) is 0 Å². The van der Waals surface area contributed by atoms with Crippen LogP contribution in [0.2, 0.25) is 5.02 Å². The molecule has 0 aromatic heterocycles. The minimum atomic E-state index is 0.300. The van der Waals surface area contributed by atoms with E-state index in [0.29, 0.717) is 6.04 Å². The molecule has 0 saturated heterocycles. The van der Waals surface area contributed by atoms with Gasteiger partial charge in [0.25, 0.3) is 0 Å². The fraction of sp³-hybridized carbons (Fsp3) is 0.368. The third kappa shape index (κ3) is 4.59. The standard InChI is InChI=1S/C19H24ClN/c1-5-21-19(17-9-15(4)10-18(20)12-17)11-16-7-13(2)6-14(3)8-16/h6-10,12,19,21H,5,11H2,1-4H3. The van der Waals surface area contributed by atoms with Crippen molar-refractivity contribution in [2.24, 2.45) is 0 Å². The Hall–Kier alpha value is -1.31. The van der Waals surface area contributed by atoms with Gasteiger partial charge in [-0.05, 0) is 62.6 Å². The molecule has 0 aliphatic carbocycles. The van der Waals surface area contributed by atoms with Gasteiger partial charge >= 0.3 is 0 Å². The molecule has 0 radical (unpaired) electrons. The third-order valence-electron chi connectivity index (χ3n) is 3.64. The van der Waals surface area contributed by atoms with E-state index < -0.39 is 0 Å². The first-order chi connectivity index (χ1) is 9.97. The average Bonchev–Trinajstić information content (AvgIpc) is 2.35. The van der Waals surface area contributed by atoms with Crippen LogP contribution in [0.5, 0.6) is 0 Å². The molecular weight excluding hydrogens is 278 g/mol. The molecule has 0 aliphatic rings. The highest BCUT2D eigenvalue weighted by molar-refractivity contribution is 6.30. The number of rotatable bonds is 5. The summed E-state index contributed by atoms with van der Waals surface area (Å²) in [6, 6.07) is 13.4. The molecular formula is C19H24ClN. The highest BCUT2D eigenvalue weighted by atomic mass is 35.5. The number of likely N-dealkylation sites (N-methyl/N-ethyl adjacent to an activating group) is 1. The maximum atomic E-state index is 6.22. The minimum absolute atomic E-state index is 0.300. The average molecular weight is 302 g/mol. The number of halogens is 1. The van der Waals surface area contributed by atoms with Crippen molar-refractivity contribution in [2.75, 3.05) is 6.54 Å². The van der Waals surface area contributed by atoms with Crippen LogP contribution in [-0.2, 0) is 6.42 Å². The number of nitrogens with one attached hydrogen (secondary N) is 1. The van der Waals surface area contributed by atoms with Gasteiger partial charge in [0.05, 0.1) is 0 Å². The quantitative estimate of drug-likeness (QED) is 0.804. The molecule has 2 heteroatoms. The summed E-state index contributed by atoms with van der Waals surface area (Å²) in [5.41, 5.74) is 6.49. The minimum Gasteiger partial charge on any atom is -0.310 e. The van der Waals surface area contributed by atoms with Gasteiger partial charge < -0.3 is 5.32 Å². The fourth-order valence-electron chi connectivity index (χ4n) is 2.94. The van der Waals surface area contributed by atoms with Crippen LogP contribution in [0, 0.1) is 20.8 Å². The first-order valence-electron chi connectivity index (χ1n) is 7.55. The van der Waals surface area contributed by atoms with Crippen LogP contribution < -0.4 is 5.32 Å². The Morgan fingerprint density at radius 3 is 2.10 bits per heavy atom. The number of aryl methyl sites for hydroxylation is 3. The maximum absolute atomic E-state index is 6.22. The van der Waals surface area contributed by atoms with Crippen molar-refractivity contribution in [2.45, 2.75) is 40.2 Å². The summed E-state index contributed by atoms with van der Waals surface area (Å²) in [6.07, 6.45) is 0.982. The second-order valence-corrected chi connectivity index (χ2v) is 6.31. The van der Waals surface area contributed by atoms with E-state index in [9.17, 15) is 0 Å². The van der Waals surface area contributed by atoms with Crippen LogP contribution in [0.15, 0.2) is 36.4 Å². The highest BCUT2D eigenvalue weighted by Crippen LogP contribution is 2.24. The van der Waals surface area contributed by atoms with E-state index in [4.69, 9.17) is 11.6 Å². The van der Waals surface area contributed by atoms with Crippen molar-refractivity contribution in [3.63, 3.8) is 0 Å². The maximum Gasteiger partial charge on any atom is 0.0411 e. The first kappa shape index (κ1) is 16.1. The van der Waals surface area contributed by atoms with Gasteiger partial charge in [0.1, 0.15) is 0 Å². The van der Waals surface area contributed by atoms with Crippen molar-refractivity contribution in [3.8, 4) is 0 Å². The van der Waals surface area contributed by atoms with Gasteiger partial charge in [-0.1, -0.05) is 53.9 Å². The van der Waals surface area contributed by atoms with Crippen LogP contribution in [0.1, 0.15) is 40.8 Å². The molecule has 0 fully saturated rings. The Bertz CT molecular complexity index is 578. The Balaban J connectivity index is 2.30. The van der Waals surface area contributed by atoms with Gasteiger partial charge in [0.15, 0.2) is 0 Å². The third-order valence-corrected chi connectivity index (χ3v) is 3.86. The van der Waals surface area contributed by atoms with Crippen LogP contribution in [0.3, 0.4) is 0 Å².